The first-order valence-corrected chi connectivity index (χ1v) is 35.6. The summed E-state index contributed by atoms with van der Waals surface area (Å²) in [5.74, 6) is -0.869. The van der Waals surface area contributed by atoms with E-state index in [0.29, 0.717) is 19.3 Å². The molecule has 0 fully saturated rings. The predicted molar refractivity (Wildman–Crippen MR) is 358 cm³/mol. The summed E-state index contributed by atoms with van der Waals surface area (Å²) < 4.78 is 17.0. The summed E-state index contributed by atoms with van der Waals surface area (Å²) in [5.41, 5.74) is 0. The zero-order valence-corrected chi connectivity index (χ0v) is 54.5. The molecule has 0 amide bonds. The van der Waals surface area contributed by atoms with Crippen LogP contribution in [0.3, 0.4) is 0 Å². The minimum Gasteiger partial charge on any atom is -0.462 e. The smallest absolute Gasteiger partial charge is 0.306 e. The van der Waals surface area contributed by atoms with E-state index in [1.54, 1.807) is 0 Å². The van der Waals surface area contributed by atoms with Gasteiger partial charge >= 0.3 is 17.9 Å². The number of unbranched alkanes of at least 4 members (excludes halogenated alkanes) is 40. The average Bonchev–Trinajstić information content (AvgIpc) is 3.48. The Labute approximate surface area is 509 Å². The molecule has 0 aliphatic rings. The monoisotopic (exact) mass is 1140 g/mol. The van der Waals surface area contributed by atoms with E-state index in [2.05, 4.69) is 106 Å². The number of hydrogen-bond donors (Lipinski definition) is 0. The molecule has 0 saturated carbocycles. The SMILES string of the molecule is CC/C=C\C/C=C\C/C=C\C/C=C\C/C=C\CCCCCCCCCCCCCCCCCCCCCC(=O)OCC(COC(=O)CCCCCCCCCCCCCCCC)OC(=O)CCCCCCC/C=C\C/C=C\CCCCC. The van der Waals surface area contributed by atoms with Gasteiger partial charge in [0.25, 0.3) is 0 Å². The quantitative estimate of drug-likeness (QED) is 0.0261. The first kappa shape index (κ1) is 78.6. The van der Waals surface area contributed by atoms with Crippen LogP contribution < -0.4 is 0 Å². The van der Waals surface area contributed by atoms with Gasteiger partial charge in [0.2, 0.25) is 0 Å². The van der Waals surface area contributed by atoms with Crippen molar-refractivity contribution in [3.8, 4) is 0 Å². The maximum Gasteiger partial charge on any atom is 0.306 e. The predicted octanol–water partition coefficient (Wildman–Crippen LogP) is 24.6. The van der Waals surface area contributed by atoms with Gasteiger partial charge in [0, 0.05) is 19.3 Å². The number of allylic oxidation sites excluding steroid dienone is 14. The Kier molecular flexibility index (Phi) is 67.2. The fourth-order valence-corrected chi connectivity index (χ4v) is 10.3. The molecule has 82 heavy (non-hydrogen) atoms. The third kappa shape index (κ3) is 67.4. The van der Waals surface area contributed by atoms with Crippen molar-refractivity contribution in [1.29, 1.82) is 0 Å². The summed E-state index contributed by atoms with van der Waals surface area (Å²) in [5, 5.41) is 0. The van der Waals surface area contributed by atoms with Crippen molar-refractivity contribution in [2.75, 3.05) is 13.2 Å². The molecule has 1 unspecified atom stereocenters. The zero-order valence-electron chi connectivity index (χ0n) is 54.5. The van der Waals surface area contributed by atoms with Gasteiger partial charge in [-0.2, -0.15) is 0 Å². The summed E-state index contributed by atoms with van der Waals surface area (Å²) in [6.07, 6.45) is 93.4. The largest absolute Gasteiger partial charge is 0.462 e. The number of carbonyl (C=O) groups is 3. The normalized spacial score (nSPS) is 12.6. The van der Waals surface area contributed by atoms with Gasteiger partial charge in [-0.3, -0.25) is 14.4 Å². The van der Waals surface area contributed by atoms with Crippen LogP contribution in [0.25, 0.3) is 0 Å². The van der Waals surface area contributed by atoms with Gasteiger partial charge in [0.1, 0.15) is 13.2 Å². The Balaban J connectivity index is 4.12. The Morgan fingerprint density at radius 1 is 0.256 bits per heavy atom. The van der Waals surface area contributed by atoms with Crippen LogP contribution in [0.1, 0.15) is 361 Å². The molecule has 0 radical (unpaired) electrons. The molecule has 0 bridgehead atoms. The second-order valence-electron chi connectivity index (χ2n) is 23.8. The number of esters is 3. The van der Waals surface area contributed by atoms with Gasteiger partial charge in [-0.05, 0) is 96.3 Å². The molecule has 0 aromatic rings. The highest BCUT2D eigenvalue weighted by Crippen LogP contribution is 2.18. The van der Waals surface area contributed by atoms with Gasteiger partial charge in [0.05, 0.1) is 0 Å². The van der Waals surface area contributed by atoms with Gasteiger partial charge in [-0.25, -0.2) is 0 Å². The van der Waals surface area contributed by atoms with Crippen LogP contribution in [0, 0.1) is 0 Å². The van der Waals surface area contributed by atoms with Gasteiger partial charge in [-0.15, -0.1) is 0 Å². The van der Waals surface area contributed by atoms with Gasteiger partial charge in [-0.1, -0.05) is 331 Å². The molecule has 0 aromatic carbocycles. The lowest BCUT2D eigenvalue weighted by Gasteiger charge is -2.18. The molecule has 0 rings (SSSR count). The molecule has 1 atom stereocenters. The van der Waals surface area contributed by atoms with Crippen LogP contribution in [0.2, 0.25) is 0 Å². The fourth-order valence-electron chi connectivity index (χ4n) is 10.3. The molecule has 0 saturated heterocycles. The van der Waals surface area contributed by atoms with Gasteiger partial charge < -0.3 is 14.2 Å². The molecule has 0 N–H and O–H groups in total. The van der Waals surface area contributed by atoms with Crippen LogP contribution in [-0.4, -0.2) is 37.2 Å². The molecule has 6 nitrogen and oxygen atoms in total. The lowest BCUT2D eigenvalue weighted by molar-refractivity contribution is -0.167. The molecular weight excluding hydrogens is 1010 g/mol. The highest BCUT2D eigenvalue weighted by Gasteiger charge is 2.19. The minimum atomic E-state index is -0.780. The van der Waals surface area contributed by atoms with E-state index in [4.69, 9.17) is 14.2 Å². The van der Waals surface area contributed by atoms with Crippen molar-refractivity contribution in [2.24, 2.45) is 0 Å². The summed E-state index contributed by atoms with van der Waals surface area (Å²) in [6, 6.07) is 0. The summed E-state index contributed by atoms with van der Waals surface area (Å²) >= 11 is 0. The first-order valence-electron chi connectivity index (χ1n) is 35.6. The Morgan fingerprint density at radius 2 is 0.476 bits per heavy atom. The summed E-state index contributed by atoms with van der Waals surface area (Å²) in [4.78, 5) is 38.4. The molecule has 0 spiro atoms. The van der Waals surface area contributed by atoms with E-state index in [1.165, 1.54) is 205 Å². The maximum absolute atomic E-state index is 12.9. The second-order valence-corrected chi connectivity index (χ2v) is 23.8. The number of rotatable bonds is 65. The van der Waals surface area contributed by atoms with E-state index in [-0.39, 0.29) is 31.1 Å². The van der Waals surface area contributed by atoms with E-state index in [9.17, 15) is 14.4 Å². The Morgan fingerprint density at radius 3 is 0.768 bits per heavy atom. The van der Waals surface area contributed by atoms with E-state index >= 15 is 0 Å². The van der Waals surface area contributed by atoms with Crippen LogP contribution in [0.15, 0.2) is 85.1 Å². The summed E-state index contributed by atoms with van der Waals surface area (Å²) in [7, 11) is 0. The zero-order chi connectivity index (χ0) is 59.2. The number of hydrogen-bond acceptors (Lipinski definition) is 6. The van der Waals surface area contributed by atoms with Crippen LogP contribution in [0.4, 0.5) is 0 Å². The van der Waals surface area contributed by atoms with E-state index < -0.39 is 6.10 Å². The van der Waals surface area contributed by atoms with Crippen LogP contribution in [-0.2, 0) is 28.6 Å². The topological polar surface area (TPSA) is 78.9 Å². The van der Waals surface area contributed by atoms with Crippen molar-refractivity contribution < 1.29 is 28.6 Å². The van der Waals surface area contributed by atoms with Crippen LogP contribution in [0.5, 0.6) is 0 Å². The van der Waals surface area contributed by atoms with Crippen molar-refractivity contribution in [3.05, 3.63) is 85.1 Å². The van der Waals surface area contributed by atoms with Crippen molar-refractivity contribution in [1.82, 2.24) is 0 Å². The minimum absolute atomic E-state index is 0.0758. The Bertz CT molecular complexity index is 1550. The first-order chi connectivity index (χ1) is 40.5. The Hall–Kier alpha value is -3.41. The highest BCUT2D eigenvalue weighted by molar-refractivity contribution is 5.71. The van der Waals surface area contributed by atoms with Crippen LogP contribution >= 0.6 is 0 Å². The number of ether oxygens (including phenoxy) is 3. The maximum atomic E-state index is 12.9. The lowest BCUT2D eigenvalue weighted by atomic mass is 10.0. The second kappa shape index (κ2) is 70.1. The number of carbonyl (C=O) groups excluding carboxylic acids is 3. The van der Waals surface area contributed by atoms with Gasteiger partial charge in [0.15, 0.2) is 6.10 Å². The third-order valence-corrected chi connectivity index (χ3v) is 15.6. The van der Waals surface area contributed by atoms with Crippen molar-refractivity contribution in [3.63, 3.8) is 0 Å². The van der Waals surface area contributed by atoms with E-state index in [1.807, 2.05) is 0 Å². The van der Waals surface area contributed by atoms with Crippen molar-refractivity contribution in [2.45, 2.75) is 367 Å². The van der Waals surface area contributed by atoms with E-state index in [0.717, 1.165) is 116 Å². The molecule has 474 valence electrons. The molecular formula is C76H134O6. The highest BCUT2D eigenvalue weighted by atomic mass is 16.6. The molecule has 0 aromatic heterocycles. The summed E-state index contributed by atoms with van der Waals surface area (Å²) in [6.45, 7) is 6.54. The van der Waals surface area contributed by atoms with Crippen molar-refractivity contribution >= 4 is 17.9 Å². The molecule has 0 aliphatic carbocycles. The fraction of sp³-hybridized carbons (Fsp3) is 0.776. The average molecular weight is 1140 g/mol. The lowest BCUT2D eigenvalue weighted by Crippen LogP contribution is -2.30. The molecule has 0 heterocycles. The molecule has 6 heteroatoms. The third-order valence-electron chi connectivity index (χ3n) is 15.6. The standard InChI is InChI=1S/C76H134O6/c1-4-7-10-13-16-19-22-25-28-29-30-31-32-33-34-35-36-37-38-39-40-41-42-43-44-45-46-47-49-51-54-57-60-63-66-69-75(78)81-72-73(71-80-74(77)68-65-62-59-56-53-50-27-24-21-18-15-12-9-6-3)82-76(79)70-67-64-61-58-55-52-48-26-23-20-17-14-11-8-5-2/h7,10,16-17,19-20,25-26,28,30-31,33-34,48,73H,4-6,8-9,11-15,18,21-24,27,29,32,35-47,49-72H2,1-3H3/b10-7-,19-16-,20-17-,28-25-,31-30-,34-33-,48-26-. The molecule has 0 aliphatic heterocycles.